The summed E-state index contributed by atoms with van der Waals surface area (Å²) in [7, 11) is 3.29. The van der Waals surface area contributed by atoms with Crippen LogP contribution in [0.15, 0.2) is 48.8 Å². The van der Waals surface area contributed by atoms with Gasteiger partial charge in [0.15, 0.2) is 5.78 Å². The van der Waals surface area contributed by atoms with Crippen LogP contribution in [0.3, 0.4) is 0 Å². The molecule has 0 unspecified atom stereocenters. The third-order valence-electron chi connectivity index (χ3n) is 10.1. The van der Waals surface area contributed by atoms with Crippen molar-refractivity contribution in [2.45, 2.75) is 101 Å². The van der Waals surface area contributed by atoms with Crippen LogP contribution in [-0.4, -0.2) is 125 Å². The lowest BCUT2D eigenvalue weighted by Gasteiger charge is -2.29. The summed E-state index contributed by atoms with van der Waals surface area (Å²) in [6.07, 6.45) is 6.75. The van der Waals surface area contributed by atoms with Gasteiger partial charge in [0.05, 0.1) is 12.1 Å². The van der Waals surface area contributed by atoms with E-state index < -0.39 is 24.2 Å². The smallest absolute Gasteiger partial charge is 0.269 e. The second-order valence-corrected chi connectivity index (χ2v) is 13.9. The van der Waals surface area contributed by atoms with Crippen molar-refractivity contribution in [1.82, 2.24) is 46.4 Å². The molecule has 0 aromatic carbocycles. The highest BCUT2D eigenvalue weighted by molar-refractivity contribution is 5.94. The molecule has 0 spiro atoms. The molecular weight excluding hydrogens is 715 g/mol. The van der Waals surface area contributed by atoms with Gasteiger partial charge in [-0.3, -0.25) is 38.7 Å². The largest absolute Gasteiger partial charge is 0.349 e. The molecule has 2 aromatic rings. The maximum absolute atomic E-state index is 13.9. The lowest BCUT2D eigenvalue weighted by Crippen LogP contribution is -2.54. The van der Waals surface area contributed by atoms with Crippen molar-refractivity contribution < 1.29 is 28.8 Å². The van der Waals surface area contributed by atoms with Gasteiger partial charge in [-0.2, -0.15) is 0 Å². The van der Waals surface area contributed by atoms with Crippen LogP contribution in [0.2, 0.25) is 0 Å². The van der Waals surface area contributed by atoms with Crippen LogP contribution >= 0.6 is 0 Å². The van der Waals surface area contributed by atoms with E-state index in [9.17, 15) is 28.8 Å². The standard InChI is InChI=1S/C41H53N9O6/c1-28(42-3)37(52)47-34(40(55)49-25-13-15-30(49)21-22-36(51)32-17-9-11-23-44-32)19-7-5-6-8-20-35(48-38(53)29(2)43-4)41(56)50-26-14-16-31(50)27-46-39(54)33-18-10-12-24-45-33/h9-12,17-18,23-24,28-31,34-35,42-43H,13-16,19-22,25-27H2,1-4H3,(H,46,54)(H,47,52)(H,48,53)/t28-,29-,30-,31-,34-,35-/m0/s1. The maximum Gasteiger partial charge on any atom is 0.269 e. The van der Waals surface area contributed by atoms with Crippen molar-refractivity contribution in [2.75, 3.05) is 33.7 Å². The fourth-order valence-electron chi connectivity index (χ4n) is 6.57. The molecule has 56 heavy (non-hydrogen) atoms. The first-order valence-electron chi connectivity index (χ1n) is 19.2. The van der Waals surface area contributed by atoms with Crippen molar-refractivity contribution in [2.24, 2.45) is 0 Å². The van der Waals surface area contributed by atoms with E-state index in [-0.39, 0.29) is 78.9 Å². The van der Waals surface area contributed by atoms with Crippen molar-refractivity contribution in [3.63, 3.8) is 0 Å². The normalized spacial score (nSPS) is 18.2. The first-order chi connectivity index (χ1) is 27.0. The highest BCUT2D eigenvalue weighted by atomic mass is 16.2. The second-order valence-electron chi connectivity index (χ2n) is 13.9. The summed E-state index contributed by atoms with van der Waals surface area (Å²) in [6, 6.07) is 6.80. The highest BCUT2D eigenvalue weighted by Crippen LogP contribution is 2.24. The van der Waals surface area contributed by atoms with E-state index in [0.717, 1.165) is 19.3 Å². The number of rotatable bonds is 17. The van der Waals surface area contributed by atoms with Gasteiger partial charge in [-0.15, -0.1) is 0 Å². The zero-order chi connectivity index (χ0) is 40.5. The number of pyridine rings is 2. The van der Waals surface area contributed by atoms with E-state index in [4.69, 9.17) is 0 Å². The number of hydrogen-bond donors (Lipinski definition) is 5. The number of nitrogens with zero attached hydrogens (tertiary/aromatic N) is 4. The molecule has 15 heteroatoms. The lowest BCUT2D eigenvalue weighted by atomic mass is 10.0. The fraction of sp³-hybridized carbons (Fsp3) is 0.512. The Kier molecular flexibility index (Phi) is 17.0. The predicted octanol–water partition coefficient (Wildman–Crippen LogP) is 0.824. The fourth-order valence-corrected chi connectivity index (χ4v) is 6.57. The molecule has 15 nitrogen and oxygen atoms in total. The Morgan fingerprint density at radius 1 is 0.732 bits per heavy atom. The van der Waals surface area contributed by atoms with Gasteiger partial charge in [-0.25, -0.2) is 0 Å². The topological polar surface area (TPSA) is 195 Å². The molecule has 0 saturated carbocycles. The number of carbonyl (C=O) groups is 6. The third-order valence-corrected chi connectivity index (χ3v) is 10.1. The number of aromatic nitrogens is 2. The van der Waals surface area contributed by atoms with Gasteiger partial charge in [0.1, 0.15) is 23.5 Å². The van der Waals surface area contributed by atoms with Crippen LogP contribution in [0.25, 0.3) is 0 Å². The Labute approximate surface area is 328 Å². The third kappa shape index (κ3) is 12.4. The van der Waals surface area contributed by atoms with Crippen LogP contribution in [-0.2, 0) is 19.2 Å². The number of likely N-dealkylation sites (tertiary alicyclic amines) is 2. The van der Waals surface area contributed by atoms with Crippen LogP contribution in [0.1, 0.15) is 86.2 Å². The zero-order valence-corrected chi connectivity index (χ0v) is 32.6. The minimum absolute atomic E-state index is 0.00969. The number of Topliss-reactive ketones (excluding diaryl/α,β-unsaturated/α-hetero) is 1. The average Bonchev–Trinajstić information content (AvgIpc) is 3.91. The molecule has 2 fully saturated rings. The van der Waals surface area contributed by atoms with Gasteiger partial charge in [-0.1, -0.05) is 24.0 Å². The summed E-state index contributed by atoms with van der Waals surface area (Å²) < 4.78 is 0. The number of carbonyl (C=O) groups excluding carboxylic acids is 6. The van der Waals surface area contributed by atoms with Gasteiger partial charge in [-0.05, 0) is 96.2 Å². The summed E-state index contributed by atoms with van der Waals surface area (Å²) in [4.78, 5) is 90.4. The van der Waals surface area contributed by atoms with E-state index in [1.54, 1.807) is 80.3 Å². The molecule has 4 rings (SSSR count). The van der Waals surface area contributed by atoms with Gasteiger partial charge in [0, 0.05) is 63.4 Å². The number of hydrogen-bond acceptors (Lipinski definition) is 10. The Balaban J connectivity index is 1.42. The Bertz CT molecular complexity index is 1670. The number of likely N-dealkylation sites (N-methyl/N-ethyl adjacent to an activating group) is 2. The SMILES string of the molecule is CN[C@@H](C)C(=O)N[C@@H](CC#CC#CC[C@H](NC(=O)[C@H](C)NC)C(=O)N1CCC[C@H]1CNC(=O)c1ccccn1)C(=O)N1CCC[C@H]1CCC(=O)c1ccccn1. The second kappa shape index (κ2) is 22.0. The number of amides is 5. The van der Waals surface area contributed by atoms with Gasteiger partial charge in [0.2, 0.25) is 23.6 Å². The van der Waals surface area contributed by atoms with Crippen LogP contribution in [0.4, 0.5) is 0 Å². The van der Waals surface area contributed by atoms with Gasteiger partial charge in [0.25, 0.3) is 5.91 Å². The molecule has 298 valence electrons. The zero-order valence-electron chi connectivity index (χ0n) is 32.6. The highest BCUT2D eigenvalue weighted by Gasteiger charge is 2.36. The summed E-state index contributed by atoms with van der Waals surface area (Å²) >= 11 is 0. The van der Waals surface area contributed by atoms with Gasteiger partial charge >= 0.3 is 0 Å². The average molecular weight is 768 g/mol. The summed E-state index contributed by atoms with van der Waals surface area (Å²) in [6.45, 7) is 4.57. The molecule has 0 aliphatic carbocycles. The quantitative estimate of drug-likeness (QED) is 0.114. The minimum Gasteiger partial charge on any atom is -0.349 e. The van der Waals surface area contributed by atoms with Crippen molar-refractivity contribution in [3.8, 4) is 23.7 Å². The van der Waals surface area contributed by atoms with E-state index in [2.05, 4.69) is 60.2 Å². The summed E-state index contributed by atoms with van der Waals surface area (Å²) in [5, 5.41) is 14.3. The molecule has 2 aliphatic rings. The number of nitrogens with one attached hydrogen (secondary N) is 5. The van der Waals surface area contributed by atoms with E-state index >= 15 is 0 Å². The molecule has 0 bridgehead atoms. The molecular formula is C41H53N9O6. The van der Waals surface area contributed by atoms with Crippen molar-refractivity contribution in [3.05, 3.63) is 60.2 Å². The van der Waals surface area contributed by atoms with E-state index in [0.29, 0.717) is 31.6 Å². The Morgan fingerprint density at radius 2 is 1.23 bits per heavy atom. The predicted molar refractivity (Wildman–Crippen MR) is 210 cm³/mol. The van der Waals surface area contributed by atoms with Crippen LogP contribution in [0, 0.1) is 23.7 Å². The lowest BCUT2D eigenvalue weighted by molar-refractivity contribution is -0.137. The van der Waals surface area contributed by atoms with Crippen LogP contribution in [0.5, 0.6) is 0 Å². The number of ketones is 1. The molecule has 2 aliphatic heterocycles. The monoisotopic (exact) mass is 767 g/mol. The van der Waals surface area contributed by atoms with E-state index in [1.165, 1.54) is 6.20 Å². The maximum atomic E-state index is 13.9. The minimum atomic E-state index is -0.965. The van der Waals surface area contributed by atoms with Crippen molar-refractivity contribution in [1.29, 1.82) is 0 Å². The Hall–Kier alpha value is -5.64. The van der Waals surface area contributed by atoms with Crippen molar-refractivity contribution >= 4 is 35.3 Å². The van der Waals surface area contributed by atoms with Gasteiger partial charge < -0.3 is 36.4 Å². The first kappa shape index (κ1) is 43.1. The summed E-state index contributed by atoms with van der Waals surface area (Å²) in [5.74, 6) is 9.56. The van der Waals surface area contributed by atoms with E-state index in [1.807, 2.05) is 0 Å². The molecule has 2 saturated heterocycles. The Morgan fingerprint density at radius 3 is 1.73 bits per heavy atom. The molecule has 5 amide bonds. The molecule has 6 atom stereocenters. The molecule has 0 radical (unpaired) electrons. The first-order valence-corrected chi connectivity index (χ1v) is 19.2. The molecule has 2 aromatic heterocycles. The molecule has 4 heterocycles. The molecule has 5 N–H and O–H groups in total. The van der Waals surface area contributed by atoms with Crippen LogP contribution < -0.4 is 26.6 Å². The summed E-state index contributed by atoms with van der Waals surface area (Å²) in [5.41, 5.74) is 0.668.